The number of rotatable bonds is 7. The van der Waals surface area contributed by atoms with Crippen LogP contribution < -0.4 is 0 Å². The molecule has 2 aromatic heterocycles. The van der Waals surface area contributed by atoms with Crippen molar-refractivity contribution in [3.8, 4) is 67.5 Å². The van der Waals surface area contributed by atoms with Crippen LogP contribution in [0.1, 0.15) is 149 Å². The summed E-state index contributed by atoms with van der Waals surface area (Å²) in [5, 5.41) is 13.0. The molecule has 63 heavy (non-hydrogen) atoms. The van der Waals surface area contributed by atoms with E-state index in [0.29, 0.717) is 28.3 Å². The summed E-state index contributed by atoms with van der Waals surface area (Å²) >= 11 is 0. The van der Waals surface area contributed by atoms with Crippen LogP contribution in [-0.2, 0) is 37.3 Å². The van der Waals surface area contributed by atoms with Gasteiger partial charge in [-0.3, -0.25) is 9.55 Å². The largest absolute Gasteiger partial charge is 0.507 e. The molecule has 0 spiro atoms. The molecule has 0 aliphatic heterocycles. The maximum absolute atomic E-state index is 13.0. The Kier molecular flexibility index (Phi) is 5.84. The molecule has 0 aliphatic rings. The van der Waals surface area contributed by atoms with Gasteiger partial charge in [-0.25, -0.2) is 4.98 Å². The number of para-hydroxylation sites is 1. The quantitative estimate of drug-likeness (QED) is 0.162. The number of aromatic hydroxyl groups is 1. The fourth-order valence-electron chi connectivity index (χ4n) is 7.30. The van der Waals surface area contributed by atoms with Crippen LogP contribution in [0.3, 0.4) is 0 Å². The van der Waals surface area contributed by atoms with Crippen LogP contribution in [0.2, 0.25) is 0 Å². The van der Waals surface area contributed by atoms with Gasteiger partial charge >= 0.3 is 0 Å². The summed E-state index contributed by atoms with van der Waals surface area (Å²) in [6, 6.07) is 19.9. The molecule has 0 bridgehead atoms. The van der Waals surface area contributed by atoms with Crippen LogP contribution >= 0.6 is 0 Å². The molecule has 0 aliphatic carbocycles. The topological polar surface area (TPSA) is 50.9 Å². The van der Waals surface area contributed by atoms with E-state index < -0.39 is 157 Å². The number of benzene rings is 6. The summed E-state index contributed by atoms with van der Waals surface area (Å²) in [5.74, 6) is -3.62. The summed E-state index contributed by atoms with van der Waals surface area (Å²) in [5.41, 5.74) is -13.8. The number of phenols is 1. The minimum absolute atomic E-state index is 0. The number of aromatic nitrogens is 3. The van der Waals surface area contributed by atoms with E-state index in [1.165, 1.54) is 41.0 Å². The monoisotopic (exact) mass is 1040 g/mol. The van der Waals surface area contributed by atoms with Crippen LogP contribution in [0.15, 0.2) is 133 Å². The summed E-state index contributed by atoms with van der Waals surface area (Å²) in [6.07, 6.45) is -0.812. The summed E-state index contributed by atoms with van der Waals surface area (Å²) in [7, 11) is 0. The van der Waals surface area contributed by atoms with Crippen LogP contribution in [0, 0.1) is 12.9 Å². The molecule has 324 valence electrons. The van der Waals surface area contributed by atoms with Gasteiger partial charge in [0.1, 0.15) is 11.6 Å². The van der Waals surface area contributed by atoms with Crippen LogP contribution in [-0.4, -0.2) is 19.6 Å². The Balaban J connectivity index is 0.0000120. The van der Waals surface area contributed by atoms with Crippen molar-refractivity contribution in [1.29, 1.82) is 0 Å². The number of hydrogen-bond donors (Lipinski definition) is 1. The molecule has 8 rings (SSSR count). The number of nitrogens with zero attached hydrogens (tertiary/aromatic N) is 3. The van der Waals surface area contributed by atoms with E-state index in [0.717, 1.165) is 0 Å². The third-order valence-electron chi connectivity index (χ3n) is 10.5. The first-order chi connectivity index (χ1) is 41.2. The minimum atomic E-state index is -4.27. The van der Waals surface area contributed by atoms with Crippen molar-refractivity contribution in [2.24, 2.45) is 0 Å². The van der Waals surface area contributed by atoms with E-state index in [1.807, 2.05) is 0 Å². The molecule has 0 amide bonds. The Hall–Kier alpha value is -5.57. The first-order valence-electron chi connectivity index (χ1n) is 34.0. The molecular formula is C58H60N3OPt-. The third kappa shape index (κ3) is 9.11. The molecule has 0 fully saturated rings. The van der Waals surface area contributed by atoms with E-state index in [2.05, 4.69) is 11.1 Å². The molecule has 5 heteroatoms. The number of pyridine rings is 1. The molecule has 8 aromatic rings. The molecule has 0 radical (unpaired) electrons. The Morgan fingerprint density at radius 3 is 2.10 bits per heavy atom. The maximum Gasteiger partial charge on any atom is 0.148 e. The van der Waals surface area contributed by atoms with Gasteiger partial charge in [0.05, 0.1) is 26.2 Å². The molecule has 2 heterocycles. The van der Waals surface area contributed by atoms with Gasteiger partial charge in [-0.1, -0.05) is 177 Å². The van der Waals surface area contributed by atoms with E-state index in [9.17, 15) is 7.85 Å². The Morgan fingerprint density at radius 1 is 0.698 bits per heavy atom. The van der Waals surface area contributed by atoms with Gasteiger partial charge < -0.3 is 5.11 Å². The van der Waals surface area contributed by atoms with Crippen molar-refractivity contribution >= 4 is 11.0 Å². The molecule has 0 saturated heterocycles. The number of fused-ring (bicyclic) bond motifs is 1. The predicted molar refractivity (Wildman–Crippen MR) is 261 cm³/mol. The molecular weight excluding hydrogens is 950 g/mol. The first-order valence-corrected chi connectivity index (χ1v) is 19.5. The fourth-order valence-corrected chi connectivity index (χ4v) is 7.30. The maximum atomic E-state index is 13.0. The molecule has 0 atom stereocenters. The van der Waals surface area contributed by atoms with E-state index in [4.69, 9.17) is 42.0 Å². The normalized spacial score (nSPS) is 20.5. The van der Waals surface area contributed by atoms with Crippen LogP contribution in [0.5, 0.6) is 5.75 Å². The second-order valence-corrected chi connectivity index (χ2v) is 16.4. The van der Waals surface area contributed by atoms with E-state index >= 15 is 0 Å². The summed E-state index contributed by atoms with van der Waals surface area (Å²) < 4.78 is 254. The second-order valence-electron chi connectivity index (χ2n) is 16.4. The zero-order valence-electron chi connectivity index (χ0n) is 63.8. The van der Waals surface area contributed by atoms with Crippen LogP contribution in [0.4, 0.5) is 0 Å². The van der Waals surface area contributed by atoms with Gasteiger partial charge in [0.15, 0.2) is 0 Å². The van der Waals surface area contributed by atoms with Gasteiger partial charge in [-0.2, -0.15) is 0 Å². The van der Waals surface area contributed by atoms with Crippen molar-refractivity contribution in [3.05, 3.63) is 167 Å². The first kappa shape index (κ1) is 21.4. The number of phenolic OH excluding ortho intramolecular Hbond substituents is 1. The minimum Gasteiger partial charge on any atom is -0.507 e. The van der Waals surface area contributed by atoms with E-state index in [-0.39, 0.29) is 66.2 Å². The summed E-state index contributed by atoms with van der Waals surface area (Å²) in [4.78, 5) is 9.29. The zero-order chi connectivity index (χ0) is 68.8. The van der Waals surface area contributed by atoms with Gasteiger partial charge in [-0.05, 0) is 92.7 Å². The molecule has 0 saturated carbocycles. The van der Waals surface area contributed by atoms with Gasteiger partial charge in [0.25, 0.3) is 0 Å². The summed E-state index contributed by atoms with van der Waals surface area (Å²) in [6.45, 7) is -19.8. The average Bonchev–Trinajstić information content (AvgIpc) is 0.783. The van der Waals surface area contributed by atoms with Crippen LogP contribution in [0.25, 0.3) is 72.7 Å². The van der Waals surface area contributed by atoms with Crippen molar-refractivity contribution in [1.82, 2.24) is 14.5 Å². The second kappa shape index (κ2) is 17.2. The standard InChI is InChI=1S/C58H60N3O.Pt/c1-36(2)48-35-45(25-26-46(48)39-17-14-13-15-18-39)61-52-20-16-19-47(53(52)60-55(61)49-33-44(57(7,8)9)34-50(54(49)62)58(10,11)12)41-29-42(31-43(30-41)56(4,5)6)51-32-40(27-28-59-51)38-23-21-37(3)22-24-38;/h13-28,30-36,62H,1-12H3;/q-1;/i3D3,7D3,8D3,9D3,10D3,11D3,12D3,21D,22D,23D,24D,27D,28D,32D,36D;. The smallest absolute Gasteiger partial charge is 0.148 e. The average molecular weight is 1040 g/mol. The SMILES string of the molecule is [2H]c1nc(-c2[c-]c(-c3cccc4c3nc(-c3cc(C(C([2H])([2H])[2H])(C([2H])([2H])[2H])C([2H])([2H])[2H])cc(C(C([2H])([2H])[2H])(C([2H])([2H])[2H])C([2H])([2H])[2H])c3O)n4-c3ccc(-c4ccccc4)c(C([2H])(C)C)c3)cc(C(C)(C)C)c2)c([2H])c(-c2c([2H])c([2H])c(C([2H])([2H])[2H])c([2H])c2[2H])c1[2H].[Pt]. The van der Waals surface area contributed by atoms with Gasteiger partial charge in [0.2, 0.25) is 0 Å². The fraction of sp³-hybridized carbons (Fsp3) is 0.276. The van der Waals surface area contributed by atoms with Crippen molar-refractivity contribution < 1.29 is 65.9 Å². The number of imidazole rings is 1. The third-order valence-corrected chi connectivity index (χ3v) is 10.5. The molecule has 1 N–H and O–H groups in total. The zero-order valence-corrected chi connectivity index (χ0v) is 37.0. The number of hydrogen-bond acceptors (Lipinski definition) is 3. The molecule has 0 unspecified atom stereocenters. The Bertz CT molecular complexity index is 4090. The van der Waals surface area contributed by atoms with E-state index in [1.54, 1.807) is 77.1 Å². The van der Waals surface area contributed by atoms with Gasteiger partial charge in [-0.15, -0.1) is 29.3 Å². The predicted octanol–water partition coefficient (Wildman–Crippen LogP) is 15.6. The van der Waals surface area contributed by atoms with Crippen molar-refractivity contribution in [3.63, 3.8) is 0 Å². The molecule has 4 nitrogen and oxygen atoms in total. The Morgan fingerprint density at radius 2 is 1.41 bits per heavy atom. The van der Waals surface area contributed by atoms with Gasteiger partial charge in [0, 0.05) is 74.3 Å². The van der Waals surface area contributed by atoms with Crippen molar-refractivity contribution in [2.75, 3.05) is 0 Å². The van der Waals surface area contributed by atoms with Crippen molar-refractivity contribution in [2.45, 2.75) is 105 Å². The Labute approximate surface area is 430 Å². The molecule has 6 aromatic carbocycles.